The third-order valence-electron chi connectivity index (χ3n) is 2.32. The maximum Gasteiger partial charge on any atom is 0.311 e. The summed E-state index contributed by atoms with van der Waals surface area (Å²) in [6.45, 7) is 2.19. The van der Waals surface area contributed by atoms with Gasteiger partial charge in [0.2, 0.25) is 0 Å². The Morgan fingerprint density at radius 2 is 2.17 bits per heavy atom. The zero-order valence-corrected chi connectivity index (χ0v) is 7.45. The summed E-state index contributed by atoms with van der Waals surface area (Å²) in [7, 11) is 0. The lowest BCUT2D eigenvalue weighted by molar-refractivity contribution is -0.153. The van der Waals surface area contributed by atoms with Gasteiger partial charge >= 0.3 is 5.97 Å². The van der Waals surface area contributed by atoms with Crippen LogP contribution in [0.3, 0.4) is 0 Å². The van der Waals surface area contributed by atoms with E-state index in [9.17, 15) is 9.90 Å². The van der Waals surface area contributed by atoms with Crippen LogP contribution in [0.4, 0.5) is 0 Å². The van der Waals surface area contributed by atoms with Crippen LogP contribution in [0, 0.1) is 5.92 Å². The highest BCUT2D eigenvalue weighted by atomic mass is 16.5. The molecule has 1 saturated carbocycles. The molecule has 0 bridgehead atoms. The van der Waals surface area contributed by atoms with Crippen LogP contribution in [0.2, 0.25) is 0 Å². The molecule has 0 unspecified atom stereocenters. The van der Waals surface area contributed by atoms with E-state index in [2.05, 4.69) is 0 Å². The number of rotatable bonds is 2. The van der Waals surface area contributed by atoms with Crippen LogP contribution >= 0.6 is 0 Å². The first-order valence-corrected chi connectivity index (χ1v) is 4.60. The second kappa shape index (κ2) is 4.45. The normalized spacial score (nSPS) is 29.8. The summed E-state index contributed by atoms with van der Waals surface area (Å²) in [6, 6.07) is 0. The summed E-state index contributed by atoms with van der Waals surface area (Å²) in [5.74, 6) is -0.497. The van der Waals surface area contributed by atoms with Crippen LogP contribution in [0.5, 0.6) is 0 Å². The molecule has 0 amide bonds. The lowest BCUT2D eigenvalue weighted by atomic mass is 9.87. The molecular weight excluding hydrogens is 156 g/mol. The molecule has 3 heteroatoms. The standard InChI is InChI=1S/C9H16O3/c1-2-12-9(11)7-5-3-4-6-8(7)10/h7-8,10H,2-6H2,1H3/t7-,8-/m1/s1. The Kier molecular flexibility index (Phi) is 3.53. The lowest BCUT2D eigenvalue weighted by Gasteiger charge is -2.25. The van der Waals surface area contributed by atoms with E-state index < -0.39 is 6.10 Å². The van der Waals surface area contributed by atoms with E-state index in [-0.39, 0.29) is 11.9 Å². The van der Waals surface area contributed by atoms with Gasteiger partial charge in [-0.15, -0.1) is 0 Å². The summed E-state index contributed by atoms with van der Waals surface area (Å²) < 4.78 is 4.85. The van der Waals surface area contributed by atoms with E-state index in [1.165, 1.54) is 0 Å². The molecule has 1 aliphatic carbocycles. The van der Waals surface area contributed by atoms with Crippen molar-refractivity contribution in [3.8, 4) is 0 Å². The fourth-order valence-corrected chi connectivity index (χ4v) is 1.64. The summed E-state index contributed by atoms with van der Waals surface area (Å²) in [4.78, 5) is 11.2. The summed E-state index contributed by atoms with van der Waals surface area (Å²) >= 11 is 0. The molecule has 1 aliphatic rings. The minimum atomic E-state index is -0.474. The lowest BCUT2D eigenvalue weighted by Crippen LogP contribution is -2.32. The number of aliphatic hydroxyl groups excluding tert-OH is 1. The van der Waals surface area contributed by atoms with E-state index >= 15 is 0 Å². The van der Waals surface area contributed by atoms with Crippen molar-refractivity contribution in [2.24, 2.45) is 5.92 Å². The summed E-state index contributed by atoms with van der Waals surface area (Å²) in [5.41, 5.74) is 0. The summed E-state index contributed by atoms with van der Waals surface area (Å²) in [5, 5.41) is 9.47. The maximum absolute atomic E-state index is 11.2. The third-order valence-corrected chi connectivity index (χ3v) is 2.32. The van der Waals surface area contributed by atoms with E-state index in [1.54, 1.807) is 6.92 Å². The molecule has 1 fully saturated rings. The second-order valence-corrected chi connectivity index (χ2v) is 3.21. The van der Waals surface area contributed by atoms with Crippen LogP contribution in [0.15, 0.2) is 0 Å². The SMILES string of the molecule is CCOC(=O)[C@@H]1CCCC[C@H]1O. The summed E-state index contributed by atoms with van der Waals surface area (Å²) in [6.07, 6.45) is 3.10. The van der Waals surface area contributed by atoms with Gasteiger partial charge in [-0.05, 0) is 19.8 Å². The largest absolute Gasteiger partial charge is 0.466 e. The van der Waals surface area contributed by atoms with Crippen molar-refractivity contribution in [1.82, 2.24) is 0 Å². The van der Waals surface area contributed by atoms with Gasteiger partial charge in [0.1, 0.15) is 0 Å². The highest BCUT2D eigenvalue weighted by molar-refractivity contribution is 5.73. The number of aliphatic hydroxyl groups is 1. The number of carbonyl (C=O) groups is 1. The molecule has 0 aliphatic heterocycles. The topological polar surface area (TPSA) is 46.5 Å². The zero-order chi connectivity index (χ0) is 8.97. The second-order valence-electron chi connectivity index (χ2n) is 3.21. The molecule has 0 saturated heterocycles. The van der Waals surface area contributed by atoms with Crippen molar-refractivity contribution in [2.45, 2.75) is 38.7 Å². The zero-order valence-electron chi connectivity index (χ0n) is 7.45. The molecule has 0 aromatic rings. The quantitative estimate of drug-likeness (QED) is 0.634. The van der Waals surface area contributed by atoms with Gasteiger partial charge in [0.25, 0.3) is 0 Å². The Balaban J connectivity index is 2.42. The Hall–Kier alpha value is -0.570. The average Bonchev–Trinajstić information content (AvgIpc) is 2.05. The molecule has 1 N–H and O–H groups in total. The Labute approximate surface area is 72.7 Å². The number of carbonyl (C=O) groups excluding carboxylic acids is 1. The van der Waals surface area contributed by atoms with Crippen LogP contribution in [-0.2, 0) is 9.53 Å². The van der Waals surface area contributed by atoms with Crippen molar-refractivity contribution in [3.63, 3.8) is 0 Å². The smallest absolute Gasteiger partial charge is 0.311 e. The first-order chi connectivity index (χ1) is 5.75. The Morgan fingerprint density at radius 1 is 1.50 bits per heavy atom. The van der Waals surface area contributed by atoms with Crippen molar-refractivity contribution in [3.05, 3.63) is 0 Å². The van der Waals surface area contributed by atoms with Crippen molar-refractivity contribution < 1.29 is 14.6 Å². The Morgan fingerprint density at radius 3 is 2.75 bits per heavy atom. The van der Waals surface area contributed by atoms with E-state index in [4.69, 9.17) is 4.74 Å². The monoisotopic (exact) mass is 172 g/mol. The van der Waals surface area contributed by atoms with Gasteiger partial charge in [0.05, 0.1) is 18.6 Å². The average molecular weight is 172 g/mol. The Bertz CT molecular complexity index is 156. The van der Waals surface area contributed by atoms with Crippen LogP contribution in [0.25, 0.3) is 0 Å². The maximum atomic E-state index is 11.2. The molecule has 70 valence electrons. The fourth-order valence-electron chi connectivity index (χ4n) is 1.64. The predicted octanol–water partition coefficient (Wildman–Crippen LogP) is 1.10. The first-order valence-electron chi connectivity index (χ1n) is 4.60. The van der Waals surface area contributed by atoms with Crippen LogP contribution in [-0.4, -0.2) is 23.8 Å². The molecule has 2 atom stereocenters. The van der Waals surface area contributed by atoms with Crippen molar-refractivity contribution in [1.29, 1.82) is 0 Å². The number of ether oxygens (including phenoxy) is 1. The third kappa shape index (κ3) is 2.21. The minimum Gasteiger partial charge on any atom is -0.466 e. The van der Waals surface area contributed by atoms with Gasteiger partial charge in [-0.3, -0.25) is 4.79 Å². The molecule has 1 rings (SSSR count). The van der Waals surface area contributed by atoms with E-state index in [1.807, 2.05) is 0 Å². The van der Waals surface area contributed by atoms with Gasteiger partial charge in [-0.2, -0.15) is 0 Å². The van der Waals surface area contributed by atoms with Crippen LogP contribution in [0.1, 0.15) is 32.6 Å². The highest BCUT2D eigenvalue weighted by Crippen LogP contribution is 2.25. The predicted molar refractivity (Wildman–Crippen MR) is 44.6 cm³/mol. The van der Waals surface area contributed by atoms with Crippen molar-refractivity contribution in [2.75, 3.05) is 6.61 Å². The van der Waals surface area contributed by atoms with Gasteiger partial charge in [-0.25, -0.2) is 0 Å². The van der Waals surface area contributed by atoms with Gasteiger partial charge in [-0.1, -0.05) is 12.8 Å². The molecular formula is C9H16O3. The number of hydrogen-bond donors (Lipinski definition) is 1. The van der Waals surface area contributed by atoms with Gasteiger partial charge in [0, 0.05) is 0 Å². The minimum absolute atomic E-state index is 0.232. The van der Waals surface area contributed by atoms with Crippen molar-refractivity contribution >= 4 is 5.97 Å². The number of hydrogen-bond acceptors (Lipinski definition) is 3. The van der Waals surface area contributed by atoms with E-state index in [0.29, 0.717) is 6.61 Å². The van der Waals surface area contributed by atoms with Crippen LogP contribution < -0.4 is 0 Å². The molecule has 0 aromatic carbocycles. The molecule has 0 radical (unpaired) electrons. The molecule has 0 aromatic heterocycles. The highest BCUT2D eigenvalue weighted by Gasteiger charge is 2.30. The van der Waals surface area contributed by atoms with E-state index in [0.717, 1.165) is 25.7 Å². The molecule has 3 nitrogen and oxygen atoms in total. The van der Waals surface area contributed by atoms with Gasteiger partial charge in [0.15, 0.2) is 0 Å². The molecule has 0 heterocycles. The fraction of sp³-hybridized carbons (Fsp3) is 0.889. The molecule has 0 spiro atoms. The number of esters is 1. The first kappa shape index (κ1) is 9.52. The van der Waals surface area contributed by atoms with Gasteiger partial charge < -0.3 is 9.84 Å². The molecule has 12 heavy (non-hydrogen) atoms.